The predicted octanol–water partition coefficient (Wildman–Crippen LogP) is 2.24. The molecule has 1 atom stereocenters. The van der Waals surface area contributed by atoms with Gasteiger partial charge in [-0.25, -0.2) is 9.59 Å². The van der Waals surface area contributed by atoms with E-state index in [4.69, 9.17) is 4.74 Å². The summed E-state index contributed by atoms with van der Waals surface area (Å²) in [6, 6.07) is 0. The molecule has 6 heteroatoms. The first-order chi connectivity index (χ1) is 8.56. The van der Waals surface area contributed by atoms with Gasteiger partial charge in [-0.2, -0.15) is 11.8 Å². The Hall–Kier alpha value is -0.620. The average Bonchev–Trinajstić information content (AvgIpc) is 2.31. The van der Waals surface area contributed by atoms with Gasteiger partial charge in [0.1, 0.15) is 0 Å². The fourth-order valence-corrected chi connectivity index (χ4v) is 3.91. The summed E-state index contributed by atoms with van der Waals surface area (Å²) in [7, 11) is 0. The SMILES string of the molecule is C=CC(=O)OCC(=O)OC1(C)CSCCCCS1. The van der Waals surface area contributed by atoms with E-state index in [1.54, 1.807) is 23.5 Å². The molecule has 0 bridgehead atoms. The summed E-state index contributed by atoms with van der Waals surface area (Å²) in [6.07, 6.45) is 3.37. The smallest absolute Gasteiger partial charge is 0.345 e. The van der Waals surface area contributed by atoms with Crippen LogP contribution in [0.1, 0.15) is 19.8 Å². The maximum atomic E-state index is 11.6. The first-order valence-electron chi connectivity index (χ1n) is 5.78. The number of hydrogen-bond acceptors (Lipinski definition) is 6. The van der Waals surface area contributed by atoms with Crippen molar-refractivity contribution in [1.29, 1.82) is 0 Å². The second-order valence-electron chi connectivity index (χ2n) is 4.03. The Morgan fingerprint density at radius 2 is 2.11 bits per heavy atom. The molecule has 1 saturated heterocycles. The number of carbonyl (C=O) groups excluding carboxylic acids is 2. The van der Waals surface area contributed by atoms with Crippen molar-refractivity contribution in [2.75, 3.05) is 23.9 Å². The van der Waals surface area contributed by atoms with E-state index in [1.165, 1.54) is 6.42 Å². The van der Waals surface area contributed by atoms with Gasteiger partial charge in [0.2, 0.25) is 0 Å². The zero-order valence-corrected chi connectivity index (χ0v) is 12.1. The Kier molecular flexibility index (Phi) is 6.63. The summed E-state index contributed by atoms with van der Waals surface area (Å²) in [4.78, 5) is 21.9. The van der Waals surface area contributed by atoms with Crippen LogP contribution < -0.4 is 0 Å². The zero-order chi connectivity index (χ0) is 13.4. The topological polar surface area (TPSA) is 52.6 Å². The summed E-state index contributed by atoms with van der Waals surface area (Å²) < 4.78 is 10.0. The van der Waals surface area contributed by atoms with Crippen LogP contribution in [0.3, 0.4) is 0 Å². The summed E-state index contributed by atoms with van der Waals surface area (Å²) in [5.74, 6) is 1.72. The minimum atomic E-state index is -0.614. The van der Waals surface area contributed by atoms with E-state index in [1.807, 2.05) is 6.92 Å². The lowest BCUT2D eigenvalue weighted by molar-refractivity contribution is -0.160. The Labute approximate surface area is 116 Å². The number of carbonyl (C=O) groups is 2. The highest BCUT2D eigenvalue weighted by atomic mass is 32.2. The second kappa shape index (κ2) is 7.74. The Morgan fingerprint density at radius 1 is 1.39 bits per heavy atom. The Balaban J connectivity index is 2.39. The Bertz CT molecular complexity index is 309. The van der Waals surface area contributed by atoms with Gasteiger partial charge >= 0.3 is 11.9 Å². The summed E-state index contributed by atoms with van der Waals surface area (Å²) >= 11 is 3.43. The lowest BCUT2D eigenvalue weighted by Gasteiger charge is -2.30. The molecule has 0 amide bonds. The Morgan fingerprint density at radius 3 is 2.83 bits per heavy atom. The maximum absolute atomic E-state index is 11.6. The van der Waals surface area contributed by atoms with Gasteiger partial charge in [-0.05, 0) is 31.3 Å². The molecule has 0 aromatic heterocycles. The van der Waals surface area contributed by atoms with Gasteiger partial charge in [0.25, 0.3) is 0 Å². The lowest BCUT2D eigenvalue weighted by Crippen LogP contribution is -2.34. The quantitative estimate of drug-likeness (QED) is 0.584. The van der Waals surface area contributed by atoms with Crippen molar-refractivity contribution < 1.29 is 19.1 Å². The molecule has 0 saturated carbocycles. The van der Waals surface area contributed by atoms with E-state index in [9.17, 15) is 9.59 Å². The number of hydrogen-bond donors (Lipinski definition) is 0. The molecule has 0 aromatic carbocycles. The van der Waals surface area contributed by atoms with Gasteiger partial charge in [-0.1, -0.05) is 6.58 Å². The predicted molar refractivity (Wildman–Crippen MR) is 74.7 cm³/mol. The van der Waals surface area contributed by atoms with Gasteiger partial charge in [0, 0.05) is 11.8 Å². The molecule has 0 aliphatic carbocycles. The number of ether oxygens (including phenoxy) is 2. The zero-order valence-electron chi connectivity index (χ0n) is 10.5. The third-order valence-corrected chi connectivity index (χ3v) is 5.13. The van der Waals surface area contributed by atoms with E-state index in [2.05, 4.69) is 11.3 Å². The van der Waals surface area contributed by atoms with Crippen LogP contribution >= 0.6 is 23.5 Å². The third-order valence-electron chi connectivity index (χ3n) is 2.28. The van der Waals surface area contributed by atoms with Crippen molar-refractivity contribution in [1.82, 2.24) is 0 Å². The molecule has 1 heterocycles. The molecule has 0 N–H and O–H groups in total. The highest BCUT2D eigenvalue weighted by Gasteiger charge is 2.30. The summed E-state index contributed by atoms with van der Waals surface area (Å²) in [6.45, 7) is 4.81. The van der Waals surface area contributed by atoms with E-state index in [-0.39, 0.29) is 6.61 Å². The summed E-state index contributed by atoms with van der Waals surface area (Å²) in [5.41, 5.74) is 0. The average molecular weight is 290 g/mol. The van der Waals surface area contributed by atoms with Crippen LogP contribution in [0.15, 0.2) is 12.7 Å². The van der Waals surface area contributed by atoms with E-state index in [0.717, 1.165) is 29.8 Å². The van der Waals surface area contributed by atoms with Crippen LogP contribution in [-0.4, -0.2) is 40.7 Å². The van der Waals surface area contributed by atoms with Crippen LogP contribution in [0.4, 0.5) is 0 Å². The molecule has 4 nitrogen and oxygen atoms in total. The molecule has 1 aliphatic heterocycles. The van der Waals surface area contributed by atoms with Crippen LogP contribution in [-0.2, 0) is 19.1 Å². The van der Waals surface area contributed by atoms with E-state index >= 15 is 0 Å². The molecular formula is C12H18O4S2. The van der Waals surface area contributed by atoms with Gasteiger partial charge < -0.3 is 9.47 Å². The van der Waals surface area contributed by atoms with Crippen molar-refractivity contribution >= 4 is 35.5 Å². The number of rotatable bonds is 4. The fourth-order valence-electron chi connectivity index (χ4n) is 1.41. The molecule has 18 heavy (non-hydrogen) atoms. The largest absolute Gasteiger partial charge is 0.451 e. The number of esters is 2. The van der Waals surface area contributed by atoms with Crippen LogP contribution in [0, 0.1) is 0 Å². The first-order valence-corrected chi connectivity index (χ1v) is 7.92. The van der Waals surface area contributed by atoms with Gasteiger partial charge in [-0.3, -0.25) is 0 Å². The van der Waals surface area contributed by atoms with Gasteiger partial charge in [-0.15, -0.1) is 11.8 Å². The van der Waals surface area contributed by atoms with Crippen LogP contribution in [0.5, 0.6) is 0 Å². The minimum Gasteiger partial charge on any atom is -0.451 e. The monoisotopic (exact) mass is 290 g/mol. The van der Waals surface area contributed by atoms with E-state index < -0.39 is 16.9 Å². The standard InChI is InChI=1S/C12H18O4S2/c1-3-10(13)15-8-11(14)16-12(2)9-17-6-4-5-7-18-12/h3H,1,4-9H2,2H3. The van der Waals surface area contributed by atoms with Crippen molar-refractivity contribution in [2.45, 2.75) is 24.7 Å². The third kappa shape index (κ3) is 5.82. The van der Waals surface area contributed by atoms with Crippen molar-refractivity contribution in [3.05, 3.63) is 12.7 Å². The lowest BCUT2D eigenvalue weighted by atomic mass is 10.4. The van der Waals surface area contributed by atoms with Crippen LogP contribution in [0.2, 0.25) is 0 Å². The fraction of sp³-hybridized carbons (Fsp3) is 0.667. The molecule has 0 aromatic rings. The molecular weight excluding hydrogens is 272 g/mol. The maximum Gasteiger partial charge on any atom is 0.345 e. The molecule has 0 radical (unpaired) electrons. The molecule has 1 fully saturated rings. The van der Waals surface area contributed by atoms with Crippen molar-refractivity contribution in [3.8, 4) is 0 Å². The molecule has 0 spiro atoms. The van der Waals surface area contributed by atoms with Crippen molar-refractivity contribution in [3.63, 3.8) is 0 Å². The number of thioether (sulfide) groups is 2. The molecule has 1 unspecified atom stereocenters. The molecule has 1 rings (SSSR count). The highest BCUT2D eigenvalue weighted by molar-refractivity contribution is 8.03. The van der Waals surface area contributed by atoms with E-state index in [0.29, 0.717) is 0 Å². The van der Waals surface area contributed by atoms with Crippen LogP contribution in [0.25, 0.3) is 0 Å². The molecule has 1 aliphatic rings. The van der Waals surface area contributed by atoms with Gasteiger partial charge in [0.15, 0.2) is 11.5 Å². The molecule has 102 valence electrons. The van der Waals surface area contributed by atoms with Gasteiger partial charge in [0.05, 0.1) is 0 Å². The normalized spacial score (nSPS) is 24.5. The highest BCUT2D eigenvalue weighted by Crippen LogP contribution is 2.33. The summed E-state index contributed by atoms with van der Waals surface area (Å²) in [5, 5.41) is 0. The minimum absolute atomic E-state index is 0.355. The first kappa shape index (κ1) is 15.4. The van der Waals surface area contributed by atoms with Crippen molar-refractivity contribution in [2.24, 2.45) is 0 Å². The second-order valence-corrected chi connectivity index (χ2v) is 6.69.